The first-order chi connectivity index (χ1) is 9.28. The first-order valence-corrected chi connectivity index (χ1v) is 7.74. The third-order valence-electron chi connectivity index (χ3n) is 4.58. The summed E-state index contributed by atoms with van der Waals surface area (Å²) in [5.41, 5.74) is 2.87. The average Bonchev–Trinajstić information content (AvgIpc) is 3.28. The van der Waals surface area contributed by atoms with Crippen LogP contribution < -0.4 is 5.32 Å². The van der Waals surface area contributed by atoms with Gasteiger partial charge < -0.3 is 5.32 Å². The van der Waals surface area contributed by atoms with Gasteiger partial charge in [0.15, 0.2) is 0 Å². The highest BCUT2D eigenvalue weighted by Gasteiger charge is 2.34. The molecular weight excluding hydrogens is 232 g/mol. The smallest absolute Gasteiger partial charge is 0.0449 e. The fraction of sp³-hybridized carbons (Fsp3) is 0.647. The van der Waals surface area contributed by atoms with Gasteiger partial charge in [0.05, 0.1) is 0 Å². The van der Waals surface area contributed by atoms with Gasteiger partial charge in [-0.3, -0.25) is 4.90 Å². The minimum Gasteiger partial charge on any atom is -0.312 e. The molecule has 0 saturated heterocycles. The standard InChI is InChI=1S/C17H26N2/c1-13-5-3-4-6-16(13)17(18-2)12-19(15-9-10-15)11-14-7-8-14/h3-6,14-15,17-18H,7-12H2,1-2H3. The van der Waals surface area contributed by atoms with Crippen LogP contribution in [0.25, 0.3) is 0 Å². The highest BCUT2D eigenvalue weighted by molar-refractivity contribution is 5.29. The van der Waals surface area contributed by atoms with Crippen LogP contribution in [0, 0.1) is 12.8 Å². The third-order valence-corrected chi connectivity index (χ3v) is 4.58. The van der Waals surface area contributed by atoms with E-state index in [1.54, 1.807) is 0 Å². The lowest BCUT2D eigenvalue weighted by Gasteiger charge is -2.28. The van der Waals surface area contributed by atoms with Gasteiger partial charge in [-0.15, -0.1) is 0 Å². The zero-order chi connectivity index (χ0) is 13.2. The molecule has 2 nitrogen and oxygen atoms in total. The van der Waals surface area contributed by atoms with Crippen molar-refractivity contribution in [3.05, 3.63) is 35.4 Å². The van der Waals surface area contributed by atoms with E-state index >= 15 is 0 Å². The molecule has 3 rings (SSSR count). The van der Waals surface area contributed by atoms with Crippen LogP contribution in [-0.4, -0.2) is 31.1 Å². The van der Waals surface area contributed by atoms with Crippen molar-refractivity contribution in [2.45, 2.75) is 44.7 Å². The Balaban J connectivity index is 1.68. The van der Waals surface area contributed by atoms with Crippen LogP contribution in [0.15, 0.2) is 24.3 Å². The molecule has 19 heavy (non-hydrogen) atoms. The molecule has 0 bridgehead atoms. The molecule has 2 fully saturated rings. The highest BCUT2D eigenvalue weighted by Crippen LogP contribution is 2.35. The Kier molecular flexibility index (Phi) is 3.90. The lowest BCUT2D eigenvalue weighted by Crippen LogP contribution is -2.37. The monoisotopic (exact) mass is 258 g/mol. The molecule has 2 saturated carbocycles. The lowest BCUT2D eigenvalue weighted by molar-refractivity contribution is 0.227. The predicted octanol–water partition coefficient (Wildman–Crippen LogP) is 3.13. The van der Waals surface area contributed by atoms with E-state index in [9.17, 15) is 0 Å². The summed E-state index contributed by atoms with van der Waals surface area (Å²) >= 11 is 0. The summed E-state index contributed by atoms with van der Waals surface area (Å²) < 4.78 is 0. The summed E-state index contributed by atoms with van der Waals surface area (Å²) in [4.78, 5) is 2.74. The topological polar surface area (TPSA) is 15.3 Å². The summed E-state index contributed by atoms with van der Waals surface area (Å²) in [7, 11) is 2.10. The molecule has 2 heteroatoms. The molecule has 1 atom stereocenters. The van der Waals surface area contributed by atoms with E-state index in [2.05, 4.69) is 48.5 Å². The van der Waals surface area contributed by atoms with Crippen molar-refractivity contribution in [3.8, 4) is 0 Å². The van der Waals surface area contributed by atoms with Gasteiger partial charge >= 0.3 is 0 Å². The van der Waals surface area contributed by atoms with Gasteiger partial charge in [0.2, 0.25) is 0 Å². The number of hydrogen-bond donors (Lipinski definition) is 1. The van der Waals surface area contributed by atoms with Crippen molar-refractivity contribution in [2.24, 2.45) is 5.92 Å². The molecule has 1 aromatic rings. The Labute approximate surface area is 117 Å². The molecule has 1 N–H and O–H groups in total. The number of aryl methyl sites for hydroxylation is 1. The van der Waals surface area contributed by atoms with E-state index in [0.29, 0.717) is 6.04 Å². The molecule has 2 aliphatic carbocycles. The van der Waals surface area contributed by atoms with E-state index in [0.717, 1.165) is 12.0 Å². The summed E-state index contributed by atoms with van der Waals surface area (Å²) in [5, 5.41) is 3.52. The summed E-state index contributed by atoms with van der Waals surface area (Å²) in [6.45, 7) is 4.72. The van der Waals surface area contributed by atoms with Gasteiger partial charge in [-0.25, -0.2) is 0 Å². The van der Waals surface area contributed by atoms with Crippen molar-refractivity contribution in [1.29, 1.82) is 0 Å². The average molecular weight is 258 g/mol. The Morgan fingerprint density at radius 3 is 2.53 bits per heavy atom. The van der Waals surface area contributed by atoms with Crippen LogP contribution >= 0.6 is 0 Å². The minimum absolute atomic E-state index is 0.473. The first kappa shape index (κ1) is 13.1. The van der Waals surface area contributed by atoms with Crippen molar-refractivity contribution >= 4 is 0 Å². The zero-order valence-electron chi connectivity index (χ0n) is 12.2. The van der Waals surface area contributed by atoms with Crippen molar-refractivity contribution < 1.29 is 0 Å². The van der Waals surface area contributed by atoms with Gasteiger partial charge in [0.25, 0.3) is 0 Å². The Morgan fingerprint density at radius 2 is 1.95 bits per heavy atom. The van der Waals surface area contributed by atoms with Gasteiger partial charge in [0.1, 0.15) is 0 Å². The zero-order valence-corrected chi connectivity index (χ0v) is 12.2. The molecule has 0 heterocycles. The third kappa shape index (κ3) is 3.37. The molecule has 0 amide bonds. The second-order valence-corrected chi connectivity index (χ2v) is 6.33. The maximum atomic E-state index is 3.52. The van der Waals surface area contributed by atoms with Crippen molar-refractivity contribution in [1.82, 2.24) is 10.2 Å². The number of rotatable bonds is 7. The second-order valence-electron chi connectivity index (χ2n) is 6.33. The maximum Gasteiger partial charge on any atom is 0.0449 e. The largest absolute Gasteiger partial charge is 0.312 e. The second kappa shape index (κ2) is 5.64. The van der Waals surface area contributed by atoms with E-state index in [-0.39, 0.29) is 0 Å². The lowest BCUT2D eigenvalue weighted by atomic mass is 10.0. The number of nitrogens with zero attached hydrogens (tertiary/aromatic N) is 1. The fourth-order valence-electron chi connectivity index (χ4n) is 3.00. The Morgan fingerprint density at radius 1 is 1.21 bits per heavy atom. The van der Waals surface area contributed by atoms with Crippen LogP contribution in [0.5, 0.6) is 0 Å². The molecular formula is C17H26N2. The van der Waals surface area contributed by atoms with Gasteiger partial charge in [-0.1, -0.05) is 24.3 Å². The van der Waals surface area contributed by atoms with Crippen molar-refractivity contribution in [3.63, 3.8) is 0 Å². The minimum atomic E-state index is 0.473. The van der Waals surface area contributed by atoms with E-state index < -0.39 is 0 Å². The number of benzene rings is 1. The maximum absolute atomic E-state index is 3.52. The molecule has 1 aromatic carbocycles. The summed E-state index contributed by atoms with van der Waals surface area (Å²) in [6, 6.07) is 10.1. The van der Waals surface area contributed by atoms with Crippen LogP contribution in [0.1, 0.15) is 42.9 Å². The van der Waals surface area contributed by atoms with Crippen LogP contribution in [0.4, 0.5) is 0 Å². The summed E-state index contributed by atoms with van der Waals surface area (Å²) in [5.74, 6) is 0.995. The molecule has 0 aromatic heterocycles. The highest BCUT2D eigenvalue weighted by atomic mass is 15.2. The molecule has 0 aliphatic heterocycles. The molecule has 1 unspecified atom stereocenters. The van der Waals surface area contributed by atoms with Gasteiger partial charge in [0, 0.05) is 25.2 Å². The quantitative estimate of drug-likeness (QED) is 0.808. The van der Waals surface area contributed by atoms with Crippen LogP contribution in [-0.2, 0) is 0 Å². The number of nitrogens with one attached hydrogen (secondary N) is 1. The molecule has 104 valence electrons. The number of hydrogen-bond acceptors (Lipinski definition) is 2. The normalized spacial score (nSPS) is 20.8. The van der Waals surface area contributed by atoms with E-state index in [1.807, 2.05) is 0 Å². The molecule has 0 radical (unpaired) electrons. The summed E-state index contributed by atoms with van der Waals surface area (Å²) in [6.07, 6.45) is 5.74. The predicted molar refractivity (Wildman–Crippen MR) is 80.3 cm³/mol. The van der Waals surface area contributed by atoms with E-state index in [4.69, 9.17) is 0 Å². The number of likely N-dealkylation sites (N-methyl/N-ethyl adjacent to an activating group) is 1. The Bertz CT molecular complexity index is 421. The van der Waals surface area contributed by atoms with Crippen LogP contribution in [0.2, 0.25) is 0 Å². The van der Waals surface area contributed by atoms with Crippen molar-refractivity contribution in [2.75, 3.05) is 20.1 Å². The fourth-order valence-corrected chi connectivity index (χ4v) is 3.00. The SMILES string of the molecule is CNC(CN(CC1CC1)C1CC1)c1ccccc1C. The van der Waals surface area contributed by atoms with Gasteiger partial charge in [-0.2, -0.15) is 0 Å². The van der Waals surface area contributed by atoms with E-state index in [1.165, 1.54) is 49.9 Å². The first-order valence-electron chi connectivity index (χ1n) is 7.74. The van der Waals surface area contributed by atoms with Crippen LogP contribution in [0.3, 0.4) is 0 Å². The van der Waals surface area contributed by atoms with Gasteiger partial charge in [-0.05, 0) is 56.7 Å². The Hall–Kier alpha value is -0.860. The molecule has 2 aliphatic rings. The molecule has 0 spiro atoms.